The van der Waals surface area contributed by atoms with Crippen molar-refractivity contribution >= 4 is 27.3 Å². The van der Waals surface area contributed by atoms with Crippen LogP contribution >= 0.6 is 11.6 Å². The van der Waals surface area contributed by atoms with Crippen LogP contribution in [0.3, 0.4) is 0 Å². The van der Waals surface area contributed by atoms with Crippen LogP contribution in [0.1, 0.15) is 30.1 Å². The molecule has 1 fully saturated rings. The number of halogens is 1. The molecule has 1 atom stereocenters. The van der Waals surface area contributed by atoms with E-state index in [2.05, 4.69) is 5.32 Å². The molecule has 1 N–H and O–H groups in total. The minimum Gasteiger partial charge on any atom is -0.349 e. The van der Waals surface area contributed by atoms with Gasteiger partial charge in [-0.25, -0.2) is 8.42 Å². The highest BCUT2D eigenvalue weighted by Crippen LogP contribution is 2.32. The SMILES string of the molecule is C[C@H](NC(=O)c1ccc(Cl)c(S(C)(=O)=O)c1)C1CC1. The van der Waals surface area contributed by atoms with Gasteiger partial charge in [0.2, 0.25) is 0 Å². The first-order valence-electron chi connectivity index (χ1n) is 6.09. The lowest BCUT2D eigenvalue weighted by molar-refractivity contribution is 0.0935. The third kappa shape index (κ3) is 3.48. The van der Waals surface area contributed by atoms with Gasteiger partial charge in [-0.2, -0.15) is 0 Å². The van der Waals surface area contributed by atoms with E-state index in [9.17, 15) is 13.2 Å². The summed E-state index contributed by atoms with van der Waals surface area (Å²) < 4.78 is 23.1. The Labute approximate surface area is 118 Å². The molecule has 1 aromatic carbocycles. The number of sulfone groups is 1. The number of rotatable bonds is 4. The molecule has 0 unspecified atom stereocenters. The van der Waals surface area contributed by atoms with E-state index in [1.165, 1.54) is 18.2 Å². The first-order valence-corrected chi connectivity index (χ1v) is 8.36. The second kappa shape index (κ2) is 5.13. The van der Waals surface area contributed by atoms with Crippen molar-refractivity contribution in [1.82, 2.24) is 5.32 Å². The monoisotopic (exact) mass is 301 g/mol. The van der Waals surface area contributed by atoms with Gasteiger partial charge in [-0.05, 0) is 43.9 Å². The molecule has 0 spiro atoms. The molecule has 0 heterocycles. The summed E-state index contributed by atoms with van der Waals surface area (Å²) in [5.74, 6) is 0.284. The number of amides is 1. The second-order valence-corrected chi connectivity index (χ2v) is 7.41. The Balaban J connectivity index is 2.22. The molecule has 1 saturated carbocycles. The molecule has 19 heavy (non-hydrogen) atoms. The predicted octanol–water partition coefficient (Wildman–Crippen LogP) is 2.27. The normalized spacial score (nSPS) is 17.0. The molecule has 104 valence electrons. The van der Waals surface area contributed by atoms with E-state index in [0.29, 0.717) is 11.5 Å². The van der Waals surface area contributed by atoms with Crippen LogP contribution in [0.4, 0.5) is 0 Å². The van der Waals surface area contributed by atoms with Crippen molar-refractivity contribution in [2.24, 2.45) is 5.92 Å². The molecule has 6 heteroatoms. The average Bonchev–Trinajstić information content (AvgIpc) is 3.11. The van der Waals surface area contributed by atoms with Gasteiger partial charge >= 0.3 is 0 Å². The van der Waals surface area contributed by atoms with Crippen molar-refractivity contribution in [3.05, 3.63) is 28.8 Å². The third-order valence-corrected chi connectivity index (χ3v) is 4.86. The summed E-state index contributed by atoms with van der Waals surface area (Å²) in [6.07, 6.45) is 3.34. The van der Waals surface area contributed by atoms with Crippen molar-refractivity contribution < 1.29 is 13.2 Å². The van der Waals surface area contributed by atoms with Crippen LogP contribution in [0.5, 0.6) is 0 Å². The van der Waals surface area contributed by atoms with Crippen molar-refractivity contribution in [2.75, 3.05) is 6.26 Å². The summed E-state index contributed by atoms with van der Waals surface area (Å²) >= 11 is 5.84. The van der Waals surface area contributed by atoms with E-state index >= 15 is 0 Å². The summed E-state index contributed by atoms with van der Waals surface area (Å²) in [6, 6.07) is 4.41. The number of hydrogen-bond acceptors (Lipinski definition) is 3. The molecule has 0 saturated heterocycles. The number of hydrogen-bond donors (Lipinski definition) is 1. The maximum atomic E-state index is 12.0. The molecular weight excluding hydrogens is 286 g/mol. The Kier molecular flexibility index (Phi) is 3.87. The molecule has 4 nitrogen and oxygen atoms in total. The molecule has 1 aliphatic carbocycles. The van der Waals surface area contributed by atoms with Gasteiger partial charge in [-0.15, -0.1) is 0 Å². The summed E-state index contributed by atoms with van der Waals surface area (Å²) in [5.41, 5.74) is 0.317. The van der Waals surface area contributed by atoms with E-state index < -0.39 is 9.84 Å². The first-order chi connectivity index (χ1) is 8.79. The molecule has 2 rings (SSSR count). The van der Waals surface area contributed by atoms with Gasteiger partial charge in [0.1, 0.15) is 0 Å². The molecule has 0 radical (unpaired) electrons. The van der Waals surface area contributed by atoms with Gasteiger partial charge < -0.3 is 5.32 Å². The molecule has 0 aliphatic heterocycles. The van der Waals surface area contributed by atoms with Crippen LogP contribution in [0.2, 0.25) is 5.02 Å². The Morgan fingerprint density at radius 1 is 1.42 bits per heavy atom. The first kappa shape index (κ1) is 14.3. The van der Waals surface area contributed by atoms with Crippen LogP contribution in [-0.4, -0.2) is 26.6 Å². The molecular formula is C13H16ClNO3S. The Morgan fingerprint density at radius 2 is 2.05 bits per heavy atom. The molecule has 0 aromatic heterocycles. The van der Waals surface area contributed by atoms with Crippen LogP contribution in [0.25, 0.3) is 0 Å². The lowest BCUT2D eigenvalue weighted by atomic mass is 10.1. The minimum atomic E-state index is -3.43. The predicted molar refractivity (Wildman–Crippen MR) is 74.2 cm³/mol. The summed E-state index contributed by atoms with van der Waals surface area (Å²) in [4.78, 5) is 12.0. The summed E-state index contributed by atoms with van der Waals surface area (Å²) in [6.45, 7) is 1.96. The Bertz CT molecular complexity index is 608. The molecule has 1 amide bonds. The van der Waals surface area contributed by atoms with Crippen molar-refractivity contribution in [3.8, 4) is 0 Å². The fraction of sp³-hybridized carbons (Fsp3) is 0.462. The van der Waals surface area contributed by atoms with E-state index in [0.717, 1.165) is 19.1 Å². The smallest absolute Gasteiger partial charge is 0.251 e. The fourth-order valence-electron chi connectivity index (χ4n) is 1.93. The average molecular weight is 302 g/mol. The van der Waals surface area contributed by atoms with Crippen LogP contribution in [0, 0.1) is 5.92 Å². The van der Waals surface area contributed by atoms with Crippen molar-refractivity contribution in [2.45, 2.75) is 30.7 Å². The number of benzene rings is 1. The molecule has 0 bridgehead atoms. The minimum absolute atomic E-state index is 0.0131. The maximum absolute atomic E-state index is 12.0. The lowest BCUT2D eigenvalue weighted by Gasteiger charge is -2.13. The van der Waals surface area contributed by atoms with Gasteiger partial charge in [0, 0.05) is 17.9 Å². The van der Waals surface area contributed by atoms with Crippen LogP contribution in [-0.2, 0) is 9.84 Å². The highest BCUT2D eigenvalue weighted by Gasteiger charge is 2.29. The topological polar surface area (TPSA) is 63.2 Å². The van der Waals surface area contributed by atoms with Crippen molar-refractivity contribution in [3.63, 3.8) is 0 Å². The number of nitrogens with one attached hydrogen (secondary N) is 1. The molecule has 1 aromatic rings. The second-order valence-electron chi connectivity index (χ2n) is 5.02. The highest BCUT2D eigenvalue weighted by molar-refractivity contribution is 7.90. The van der Waals surface area contributed by atoms with Gasteiger partial charge in [-0.3, -0.25) is 4.79 Å². The van der Waals surface area contributed by atoms with E-state index in [1.54, 1.807) is 0 Å². The zero-order chi connectivity index (χ0) is 14.2. The van der Waals surface area contributed by atoms with Crippen LogP contribution in [0.15, 0.2) is 23.1 Å². The standard InChI is InChI=1S/C13H16ClNO3S/c1-8(9-3-4-9)15-13(16)10-5-6-11(14)12(7-10)19(2,17)18/h5-9H,3-4H2,1-2H3,(H,15,16)/t8-/m0/s1. The number of carbonyl (C=O) groups excluding carboxylic acids is 1. The highest BCUT2D eigenvalue weighted by atomic mass is 35.5. The van der Waals surface area contributed by atoms with Crippen molar-refractivity contribution in [1.29, 1.82) is 0 Å². The van der Waals surface area contributed by atoms with Gasteiger partial charge in [0.15, 0.2) is 9.84 Å². The largest absolute Gasteiger partial charge is 0.349 e. The summed E-state index contributed by atoms with van der Waals surface area (Å²) in [7, 11) is -3.43. The van der Waals surface area contributed by atoms with E-state index in [1.807, 2.05) is 6.92 Å². The maximum Gasteiger partial charge on any atom is 0.251 e. The quantitative estimate of drug-likeness (QED) is 0.928. The fourth-order valence-corrected chi connectivity index (χ4v) is 3.23. The summed E-state index contributed by atoms with van der Waals surface area (Å²) in [5, 5.41) is 3.01. The van der Waals surface area contributed by atoms with E-state index in [4.69, 9.17) is 11.6 Å². The lowest BCUT2D eigenvalue weighted by Crippen LogP contribution is -2.34. The third-order valence-electron chi connectivity index (χ3n) is 3.28. The van der Waals surface area contributed by atoms with E-state index in [-0.39, 0.29) is 21.9 Å². The van der Waals surface area contributed by atoms with Crippen LogP contribution < -0.4 is 5.32 Å². The Morgan fingerprint density at radius 3 is 2.58 bits per heavy atom. The van der Waals surface area contributed by atoms with Gasteiger partial charge in [-0.1, -0.05) is 11.6 Å². The Hall–Kier alpha value is -1.07. The van der Waals surface area contributed by atoms with Gasteiger partial charge in [0.25, 0.3) is 5.91 Å². The van der Waals surface area contributed by atoms with Gasteiger partial charge in [0.05, 0.1) is 9.92 Å². The number of carbonyl (C=O) groups is 1. The zero-order valence-electron chi connectivity index (χ0n) is 10.8. The molecule has 1 aliphatic rings. The zero-order valence-corrected chi connectivity index (χ0v) is 12.4.